The number of rotatable bonds is 5. The van der Waals surface area contributed by atoms with Crippen molar-refractivity contribution in [1.29, 1.82) is 0 Å². The zero-order chi connectivity index (χ0) is 17.5. The number of sulfonamides is 1. The molecule has 1 aliphatic carbocycles. The van der Waals surface area contributed by atoms with Crippen LogP contribution in [-0.2, 0) is 10.0 Å². The van der Waals surface area contributed by atoms with Gasteiger partial charge >= 0.3 is 0 Å². The summed E-state index contributed by atoms with van der Waals surface area (Å²) < 4.78 is 26.6. The Bertz CT molecular complexity index is 899. The number of nitrogens with one attached hydrogen (secondary N) is 2. The van der Waals surface area contributed by atoms with Gasteiger partial charge in [-0.1, -0.05) is 0 Å². The van der Waals surface area contributed by atoms with Crippen LogP contribution in [0.5, 0.6) is 0 Å². The Labute approximate surface area is 145 Å². The fourth-order valence-corrected chi connectivity index (χ4v) is 4.28. The van der Waals surface area contributed by atoms with E-state index in [0.29, 0.717) is 22.2 Å². The van der Waals surface area contributed by atoms with E-state index in [4.69, 9.17) is 0 Å². The number of nitrogens with zero attached hydrogens (tertiary/aromatic N) is 1. The highest BCUT2D eigenvalue weighted by Crippen LogP contribution is 2.40. The topological polar surface area (TPSA) is 88.2 Å². The first-order valence-electron chi connectivity index (χ1n) is 7.63. The number of carbonyl (C=O) groups excluding carboxylic acids is 1. The average Bonchev–Trinajstić information content (AvgIpc) is 3.29. The smallest absolute Gasteiger partial charge is 0.257 e. The zero-order valence-electron chi connectivity index (χ0n) is 13.7. The number of hydrogen-bond donors (Lipinski definition) is 2. The third-order valence-electron chi connectivity index (χ3n) is 4.18. The third-order valence-corrected chi connectivity index (χ3v) is 6.49. The van der Waals surface area contributed by atoms with E-state index in [-0.39, 0.29) is 10.8 Å². The molecule has 6 nitrogen and oxygen atoms in total. The van der Waals surface area contributed by atoms with Crippen molar-refractivity contribution in [3.05, 3.63) is 39.9 Å². The summed E-state index contributed by atoms with van der Waals surface area (Å²) in [5, 5.41) is 5.26. The van der Waals surface area contributed by atoms with E-state index >= 15 is 0 Å². The van der Waals surface area contributed by atoms with Crippen molar-refractivity contribution in [1.82, 2.24) is 9.71 Å². The largest absolute Gasteiger partial charge is 0.298 e. The first kappa shape index (κ1) is 17.1. The fourth-order valence-electron chi connectivity index (χ4n) is 2.43. The Balaban J connectivity index is 1.88. The van der Waals surface area contributed by atoms with E-state index in [1.165, 1.54) is 24.5 Å². The Morgan fingerprint density at radius 3 is 2.62 bits per heavy atom. The molecule has 1 aromatic carbocycles. The highest BCUT2D eigenvalue weighted by Gasteiger charge is 2.26. The minimum Gasteiger partial charge on any atom is -0.298 e. The van der Waals surface area contributed by atoms with Gasteiger partial charge in [0.15, 0.2) is 5.13 Å². The summed E-state index contributed by atoms with van der Waals surface area (Å²) in [4.78, 5) is 17.0. The number of hydrogen-bond acceptors (Lipinski definition) is 5. The van der Waals surface area contributed by atoms with Crippen molar-refractivity contribution in [3.8, 4) is 0 Å². The Morgan fingerprint density at radius 2 is 2.00 bits per heavy atom. The lowest BCUT2D eigenvalue weighted by Gasteiger charge is -2.12. The van der Waals surface area contributed by atoms with Crippen LogP contribution in [0.2, 0.25) is 0 Å². The highest BCUT2D eigenvalue weighted by molar-refractivity contribution is 7.89. The van der Waals surface area contributed by atoms with E-state index in [1.807, 2.05) is 5.38 Å². The van der Waals surface area contributed by atoms with Gasteiger partial charge in [0.05, 0.1) is 10.6 Å². The van der Waals surface area contributed by atoms with E-state index in [2.05, 4.69) is 15.0 Å². The second kappa shape index (κ2) is 6.27. The van der Waals surface area contributed by atoms with Gasteiger partial charge in [-0.25, -0.2) is 18.1 Å². The molecule has 1 amide bonds. The molecule has 1 aliphatic rings. The Kier molecular flexibility index (Phi) is 4.46. The molecule has 1 aromatic heterocycles. The zero-order valence-corrected chi connectivity index (χ0v) is 15.3. The van der Waals surface area contributed by atoms with Gasteiger partial charge in [0.1, 0.15) is 0 Å². The van der Waals surface area contributed by atoms with Crippen LogP contribution in [0.3, 0.4) is 0 Å². The number of thiazole rings is 1. The third kappa shape index (κ3) is 3.35. The maximum absolute atomic E-state index is 12.5. The molecule has 24 heavy (non-hydrogen) atoms. The SMILES string of the molecule is CNS(=O)(=O)c1cc(C(=O)Nc2nc(C3CC3)cs2)cc(C)c1C. The van der Waals surface area contributed by atoms with Gasteiger partial charge in [-0.05, 0) is 57.0 Å². The first-order chi connectivity index (χ1) is 11.3. The lowest BCUT2D eigenvalue weighted by molar-refractivity contribution is 0.102. The first-order valence-corrected chi connectivity index (χ1v) is 9.99. The molecule has 1 fully saturated rings. The van der Waals surface area contributed by atoms with Crippen LogP contribution < -0.4 is 10.0 Å². The molecule has 0 radical (unpaired) electrons. The van der Waals surface area contributed by atoms with Gasteiger partial charge in [-0.3, -0.25) is 10.1 Å². The van der Waals surface area contributed by atoms with Gasteiger partial charge in [-0.15, -0.1) is 11.3 Å². The number of aryl methyl sites for hydroxylation is 1. The van der Waals surface area contributed by atoms with Gasteiger partial charge < -0.3 is 0 Å². The normalized spacial score (nSPS) is 14.6. The van der Waals surface area contributed by atoms with Crippen LogP contribution in [0.1, 0.15) is 45.9 Å². The van der Waals surface area contributed by atoms with Crippen molar-refractivity contribution in [2.75, 3.05) is 12.4 Å². The van der Waals surface area contributed by atoms with Crippen molar-refractivity contribution < 1.29 is 13.2 Å². The number of benzene rings is 1. The van der Waals surface area contributed by atoms with Crippen LogP contribution in [0, 0.1) is 13.8 Å². The molecule has 1 heterocycles. The molecule has 1 saturated carbocycles. The van der Waals surface area contributed by atoms with E-state index in [9.17, 15) is 13.2 Å². The molecule has 0 spiro atoms. The minimum atomic E-state index is -3.62. The summed E-state index contributed by atoms with van der Waals surface area (Å²) in [5.41, 5.74) is 2.70. The predicted octanol–water partition coefficient (Wildman–Crippen LogP) is 2.80. The second-order valence-electron chi connectivity index (χ2n) is 5.93. The summed E-state index contributed by atoms with van der Waals surface area (Å²) in [7, 11) is -2.27. The molecule has 2 aromatic rings. The quantitative estimate of drug-likeness (QED) is 0.853. The van der Waals surface area contributed by atoms with Crippen molar-refractivity contribution in [3.63, 3.8) is 0 Å². The molecule has 0 unspecified atom stereocenters. The van der Waals surface area contributed by atoms with E-state index in [0.717, 1.165) is 24.1 Å². The molecule has 0 bridgehead atoms. The molecule has 2 N–H and O–H groups in total. The van der Waals surface area contributed by atoms with Crippen molar-refractivity contribution in [2.45, 2.75) is 37.5 Å². The fraction of sp³-hybridized carbons (Fsp3) is 0.375. The van der Waals surface area contributed by atoms with E-state index < -0.39 is 10.0 Å². The summed E-state index contributed by atoms with van der Waals surface area (Å²) in [6.07, 6.45) is 2.30. The van der Waals surface area contributed by atoms with Crippen LogP contribution in [0.25, 0.3) is 0 Å². The number of carbonyl (C=O) groups is 1. The molecule has 8 heteroatoms. The molecule has 0 saturated heterocycles. The van der Waals surface area contributed by atoms with Gasteiger partial charge in [0.2, 0.25) is 10.0 Å². The maximum atomic E-state index is 12.5. The van der Waals surface area contributed by atoms with Crippen LogP contribution in [-0.4, -0.2) is 26.4 Å². The number of amides is 1. The average molecular weight is 365 g/mol. The van der Waals surface area contributed by atoms with Crippen LogP contribution in [0.4, 0.5) is 5.13 Å². The number of anilines is 1. The molecular formula is C16H19N3O3S2. The van der Waals surface area contributed by atoms with Crippen molar-refractivity contribution in [2.24, 2.45) is 0 Å². The minimum absolute atomic E-state index is 0.118. The Morgan fingerprint density at radius 1 is 1.29 bits per heavy atom. The molecule has 0 atom stereocenters. The second-order valence-corrected chi connectivity index (χ2v) is 8.64. The lowest BCUT2D eigenvalue weighted by atomic mass is 10.1. The van der Waals surface area contributed by atoms with E-state index in [1.54, 1.807) is 19.9 Å². The molecule has 128 valence electrons. The van der Waals surface area contributed by atoms with Gasteiger partial charge in [0, 0.05) is 16.9 Å². The highest BCUT2D eigenvalue weighted by atomic mass is 32.2. The molecule has 0 aliphatic heterocycles. The lowest BCUT2D eigenvalue weighted by Crippen LogP contribution is -2.21. The predicted molar refractivity (Wildman–Crippen MR) is 94.2 cm³/mol. The Hall–Kier alpha value is -1.77. The maximum Gasteiger partial charge on any atom is 0.257 e. The van der Waals surface area contributed by atoms with Crippen LogP contribution >= 0.6 is 11.3 Å². The van der Waals surface area contributed by atoms with Crippen LogP contribution in [0.15, 0.2) is 22.4 Å². The summed E-state index contributed by atoms with van der Waals surface area (Å²) >= 11 is 1.39. The summed E-state index contributed by atoms with van der Waals surface area (Å²) in [6.45, 7) is 3.51. The van der Waals surface area contributed by atoms with Gasteiger partial charge in [0.25, 0.3) is 5.91 Å². The summed E-state index contributed by atoms with van der Waals surface area (Å²) in [5.74, 6) is 0.170. The standard InChI is InChI=1S/C16H19N3O3S2/c1-9-6-12(7-14(10(9)2)24(21,22)17-3)15(20)19-16-18-13(8-23-16)11-4-5-11/h6-8,11,17H,4-5H2,1-3H3,(H,18,19,20). The summed E-state index contributed by atoms with van der Waals surface area (Å²) in [6, 6.07) is 3.09. The van der Waals surface area contributed by atoms with Crippen molar-refractivity contribution >= 4 is 32.4 Å². The van der Waals surface area contributed by atoms with Gasteiger partial charge in [-0.2, -0.15) is 0 Å². The molecule has 3 rings (SSSR count). The monoisotopic (exact) mass is 365 g/mol. The number of aromatic nitrogens is 1. The molecular weight excluding hydrogens is 346 g/mol.